The molecule has 0 saturated carbocycles. The second-order valence-corrected chi connectivity index (χ2v) is 6.45. The molecule has 124 valence electrons. The lowest BCUT2D eigenvalue weighted by Gasteiger charge is -2.24. The monoisotopic (exact) mass is 319 g/mol. The van der Waals surface area contributed by atoms with Gasteiger partial charge in [-0.05, 0) is 38.8 Å². The number of H-pyrrole nitrogens is 1. The third kappa shape index (κ3) is 4.21. The van der Waals surface area contributed by atoms with Crippen molar-refractivity contribution >= 4 is 22.7 Å². The molecule has 7 nitrogen and oxygen atoms in total. The maximum absolute atomic E-state index is 11.9. The highest BCUT2D eigenvalue weighted by molar-refractivity contribution is 5.85. The highest BCUT2D eigenvalue weighted by atomic mass is 16.6. The van der Waals surface area contributed by atoms with Crippen LogP contribution in [0.5, 0.6) is 0 Å². The molecule has 1 aromatic heterocycles. The van der Waals surface area contributed by atoms with Crippen LogP contribution >= 0.6 is 0 Å². The van der Waals surface area contributed by atoms with Gasteiger partial charge in [0.25, 0.3) is 5.69 Å². The number of aromatic nitrogens is 1. The Morgan fingerprint density at radius 1 is 1.39 bits per heavy atom. The van der Waals surface area contributed by atoms with Crippen molar-refractivity contribution in [3.8, 4) is 0 Å². The van der Waals surface area contributed by atoms with Gasteiger partial charge in [0.15, 0.2) is 0 Å². The number of hydrogen-bond acceptors (Lipinski definition) is 4. The molecule has 0 spiro atoms. The Morgan fingerprint density at radius 2 is 2.09 bits per heavy atom. The normalized spacial score (nSPS) is 11.5. The Kier molecular flexibility index (Phi) is 4.58. The SMILES string of the molecule is CN(CCc1c[nH]c2ccc([N+](=O)[O-])cc12)C(=O)OC(C)(C)C. The van der Waals surface area contributed by atoms with Gasteiger partial charge in [0.1, 0.15) is 5.60 Å². The summed E-state index contributed by atoms with van der Waals surface area (Å²) in [6.45, 7) is 5.91. The highest BCUT2D eigenvalue weighted by Crippen LogP contribution is 2.24. The number of fused-ring (bicyclic) bond motifs is 1. The van der Waals surface area contributed by atoms with Gasteiger partial charge in [-0.15, -0.1) is 0 Å². The van der Waals surface area contributed by atoms with Crippen LogP contribution in [-0.4, -0.2) is 40.1 Å². The zero-order valence-corrected chi connectivity index (χ0v) is 13.8. The number of ether oxygens (including phenoxy) is 1. The molecule has 23 heavy (non-hydrogen) atoms. The first-order valence-corrected chi connectivity index (χ1v) is 7.36. The first-order chi connectivity index (χ1) is 10.7. The van der Waals surface area contributed by atoms with E-state index in [4.69, 9.17) is 4.74 Å². The average molecular weight is 319 g/mol. The van der Waals surface area contributed by atoms with E-state index in [1.807, 2.05) is 27.0 Å². The minimum Gasteiger partial charge on any atom is -0.444 e. The lowest BCUT2D eigenvalue weighted by Crippen LogP contribution is -2.35. The zero-order valence-electron chi connectivity index (χ0n) is 13.8. The number of hydrogen-bond donors (Lipinski definition) is 1. The van der Waals surface area contributed by atoms with Gasteiger partial charge < -0.3 is 14.6 Å². The number of nitro groups is 1. The summed E-state index contributed by atoms with van der Waals surface area (Å²) in [5, 5.41) is 11.7. The first kappa shape index (κ1) is 16.8. The van der Waals surface area contributed by atoms with Crippen LogP contribution in [0, 0.1) is 10.1 Å². The fraction of sp³-hybridized carbons (Fsp3) is 0.438. The first-order valence-electron chi connectivity index (χ1n) is 7.36. The van der Waals surface area contributed by atoms with Gasteiger partial charge >= 0.3 is 6.09 Å². The summed E-state index contributed by atoms with van der Waals surface area (Å²) in [6, 6.07) is 4.71. The minimum absolute atomic E-state index is 0.0545. The molecule has 1 N–H and O–H groups in total. The van der Waals surface area contributed by atoms with Crippen LogP contribution in [0.15, 0.2) is 24.4 Å². The van der Waals surface area contributed by atoms with E-state index in [1.165, 1.54) is 11.0 Å². The van der Waals surface area contributed by atoms with Gasteiger partial charge in [-0.25, -0.2) is 4.79 Å². The number of amides is 1. The molecule has 0 aliphatic rings. The molecule has 0 radical (unpaired) electrons. The van der Waals surface area contributed by atoms with Gasteiger partial charge in [-0.1, -0.05) is 0 Å². The molecule has 1 amide bonds. The van der Waals surface area contributed by atoms with Crippen molar-refractivity contribution in [2.24, 2.45) is 0 Å². The molecule has 1 aromatic carbocycles. The fourth-order valence-electron chi connectivity index (χ4n) is 2.21. The predicted octanol–water partition coefficient (Wildman–Crippen LogP) is 3.49. The Morgan fingerprint density at radius 3 is 2.70 bits per heavy atom. The number of carbonyl (C=O) groups is 1. The summed E-state index contributed by atoms with van der Waals surface area (Å²) in [5.41, 5.74) is 1.29. The zero-order chi connectivity index (χ0) is 17.2. The maximum atomic E-state index is 11.9. The van der Waals surface area contributed by atoms with E-state index in [2.05, 4.69) is 4.98 Å². The van der Waals surface area contributed by atoms with Crippen molar-refractivity contribution < 1.29 is 14.5 Å². The molecule has 0 atom stereocenters. The smallest absolute Gasteiger partial charge is 0.410 e. The highest BCUT2D eigenvalue weighted by Gasteiger charge is 2.19. The van der Waals surface area contributed by atoms with E-state index in [0.29, 0.717) is 13.0 Å². The maximum Gasteiger partial charge on any atom is 0.410 e. The quantitative estimate of drug-likeness (QED) is 0.690. The van der Waals surface area contributed by atoms with E-state index < -0.39 is 10.5 Å². The molecule has 0 bridgehead atoms. The van der Waals surface area contributed by atoms with Gasteiger partial charge in [-0.3, -0.25) is 10.1 Å². The standard InChI is InChI=1S/C16H21N3O4/c1-16(2,3)23-15(20)18(4)8-7-11-10-17-14-6-5-12(19(21)22)9-13(11)14/h5-6,9-10,17H,7-8H2,1-4H3. The summed E-state index contributed by atoms with van der Waals surface area (Å²) in [7, 11) is 1.67. The van der Waals surface area contributed by atoms with Crippen LogP contribution in [0.25, 0.3) is 10.9 Å². The van der Waals surface area contributed by atoms with Crippen LogP contribution < -0.4 is 0 Å². The Labute approximate surface area is 134 Å². The molecule has 7 heteroatoms. The van der Waals surface area contributed by atoms with Crippen molar-refractivity contribution in [2.75, 3.05) is 13.6 Å². The van der Waals surface area contributed by atoms with Crippen LogP contribution in [0.4, 0.5) is 10.5 Å². The van der Waals surface area contributed by atoms with Crippen molar-refractivity contribution in [2.45, 2.75) is 32.8 Å². The topological polar surface area (TPSA) is 88.5 Å². The van der Waals surface area contributed by atoms with Crippen LogP contribution in [-0.2, 0) is 11.2 Å². The minimum atomic E-state index is -0.535. The average Bonchev–Trinajstić information content (AvgIpc) is 2.85. The van der Waals surface area contributed by atoms with Gasteiger partial charge in [0.2, 0.25) is 0 Å². The fourth-order valence-corrected chi connectivity index (χ4v) is 2.21. The Balaban J connectivity index is 2.08. The van der Waals surface area contributed by atoms with Crippen LogP contribution in [0.2, 0.25) is 0 Å². The van der Waals surface area contributed by atoms with Gasteiger partial charge in [-0.2, -0.15) is 0 Å². The molecule has 0 aliphatic carbocycles. The predicted molar refractivity (Wildman–Crippen MR) is 87.5 cm³/mol. The van der Waals surface area contributed by atoms with Gasteiger partial charge in [0.05, 0.1) is 4.92 Å². The third-order valence-electron chi connectivity index (χ3n) is 3.38. The van der Waals surface area contributed by atoms with E-state index in [1.54, 1.807) is 19.2 Å². The number of nitrogens with zero attached hydrogens (tertiary/aromatic N) is 2. The number of nitro benzene ring substituents is 1. The second kappa shape index (κ2) is 6.28. The summed E-state index contributed by atoms with van der Waals surface area (Å²) >= 11 is 0. The summed E-state index contributed by atoms with van der Waals surface area (Å²) in [6.07, 6.45) is 2.01. The number of carbonyl (C=O) groups excluding carboxylic acids is 1. The van der Waals surface area contributed by atoms with E-state index >= 15 is 0 Å². The molecule has 0 unspecified atom stereocenters. The number of aromatic amines is 1. The van der Waals surface area contributed by atoms with Crippen molar-refractivity contribution in [3.63, 3.8) is 0 Å². The summed E-state index contributed by atoms with van der Waals surface area (Å²) in [5.74, 6) is 0. The molecule has 0 aliphatic heterocycles. The summed E-state index contributed by atoms with van der Waals surface area (Å²) in [4.78, 5) is 27.0. The van der Waals surface area contributed by atoms with Crippen molar-refractivity contribution in [1.82, 2.24) is 9.88 Å². The third-order valence-corrected chi connectivity index (χ3v) is 3.38. The molecule has 1 heterocycles. The number of likely N-dealkylation sites (N-methyl/N-ethyl adjacent to an activating group) is 1. The largest absolute Gasteiger partial charge is 0.444 e. The second-order valence-electron chi connectivity index (χ2n) is 6.45. The van der Waals surface area contributed by atoms with E-state index in [9.17, 15) is 14.9 Å². The van der Waals surface area contributed by atoms with Crippen molar-refractivity contribution in [1.29, 1.82) is 0 Å². The molecule has 0 fully saturated rings. The lowest BCUT2D eigenvalue weighted by molar-refractivity contribution is -0.384. The number of nitrogens with one attached hydrogen (secondary N) is 1. The Bertz CT molecular complexity index is 730. The number of non-ortho nitro benzene ring substituents is 1. The van der Waals surface area contributed by atoms with Gasteiger partial charge in [0, 0.05) is 42.8 Å². The molecule has 0 saturated heterocycles. The molecule has 2 aromatic rings. The molecular formula is C16H21N3O4. The number of benzene rings is 1. The van der Waals surface area contributed by atoms with Crippen molar-refractivity contribution in [3.05, 3.63) is 40.1 Å². The Hall–Kier alpha value is -2.57. The van der Waals surface area contributed by atoms with Crippen LogP contribution in [0.1, 0.15) is 26.3 Å². The number of rotatable bonds is 4. The van der Waals surface area contributed by atoms with Crippen LogP contribution in [0.3, 0.4) is 0 Å². The van der Waals surface area contributed by atoms with E-state index in [0.717, 1.165) is 16.5 Å². The molecule has 2 rings (SSSR count). The van der Waals surface area contributed by atoms with E-state index in [-0.39, 0.29) is 11.8 Å². The summed E-state index contributed by atoms with van der Waals surface area (Å²) < 4.78 is 5.30. The molecular weight excluding hydrogens is 298 g/mol. The lowest BCUT2D eigenvalue weighted by atomic mass is 10.1.